The molecule has 0 radical (unpaired) electrons. The van der Waals surface area contributed by atoms with Crippen LogP contribution in [-0.2, 0) is 4.79 Å². The number of halogens is 1. The Hall–Kier alpha value is -0.700. The molecular formula is C19H27FO2. The zero-order valence-electron chi connectivity index (χ0n) is 13.6. The number of fused-ring (bicyclic) bond motifs is 4. The summed E-state index contributed by atoms with van der Waals surface area (Å²) in [4.78, 5) is 11.8. The maximum absolute atomic E-state index is 15.2. The molecule has 0 heterocycles. The number of ketones is 1. The summed E-state index contributed by atoms with van der Waals surface area (Å²) >= 11 is 0. The van der Waals surface area contributed by atoms with Crippen LogP contribution >= 0.6 is 0 Å². The Kier molecular flexibility index (Phi) is 3.31. The predicted molar refractivity (Wildman–Crippen MR) is 83.0 cm³/mol. The van der Waals surface area contributed by atoms with Gasteiger partial charge in [-0.2, -0.15) is 0 Å². The average Bonchev–Trinajstić information content (AvgIpc) is 2.74. The van der Waals surface area contributed by atoms with E-state index in [0.29, 0.717) is 42.8 Å². The number of alkyl halides is 1. The van der Waals surface area contributed by atoms with Crippen molar-refractivity contribution in [2.45, 2.75) is 71.1 Å². The maximum Gasteiger partial charge on any atom is 0.137 e. The monoisotopic (exact) mass is 306 g/mol. The lowest BCUT2D eigenvalue weighted by molar-refractivity contribution is -0.119. The van der Waals surface area contributed by atoms with Gasteiger partial charge in [0.2, 0.25) is 0 Å². The van der Waals surface area contributed by atoms with Crippen molar-refractivity contribution in [3.05, 3.63) is 11.1 Å². The number of hydrogen-bond donors (Lipinski definition) is 1. The van der Waals surface area contributed by atoms with Crippen molar-refractivity contribution in [3.63, 3.8) is 0 Å². The Bertz CT molecular complexity index is 540. The third kappa shape index (κ3) is 1.90. The number of aliphatic hydroxyl groups is 1. The minimum absolute atomic E-state index is 0.0234. The molecule has 22 heavy (non-hydrogen) atoms. The number of carbonyl (C=O) groups is 1. The highest BCUT2D eigenvalue weighted by Crippen LogP contribution is 2.62. The standard InChI is InChI=1S/C19H27FO2/c1-10-7-11-8-12(21)3-4-13(11)18-15(20)9-19(2)14(17(10)18)5-6-16(19)22/h10,14-18,22H,3-9H2,1-2H3/t10-,14+,15+,16+,17+,18+,19+/m1/s1. The quantitative estimate of drug-likeness (QED) is 0.691. The smallest absolute Gasteiger partial charge is 0.137 e. The molecule has 0 unspecified atom stereocenters. The topological polar surface area (TPSA) is 37.3 Å². The van der Waals surface area contributed by atoms with Gasteiger partial charge in [-0.15, -0.1) is 0 Å². The molecule has 122 valence electrons. The van der Waals surface area contributed by atoms with Crippen molar-refractivity contribution in [2.75, 3.05) is 0 Å². The molecule has 7 atom stereocenters. The maximum atomic E-state index is 15.2. The van der Waals surface area contributed by atoms with Crippen molar-refractivity contribution in [2.24, 2.45) is 29.1 Å². The van der Waals surface area contributed by atoms with Crippen LogP contribution in [-0.4, -0.2) is 23.2 Å². The Morgan fingerprint density at radius 3 is 2.82 bits per heavy atom. The summed E-state index contributed by atoms with van der Waals surface area (Å²) in [5.41, 5.74) is 2.31. The van der Waals surface area contributed by atoms with E-state index in [2.05, 4.69) is 13.8 Å². The molecule has 3 heteroatoms. The third-order valence-electron chi connectivity index (χ3n) is 7.43. The van der Waals surface area contributed by atoms with E-state index in [4.69, 9.17) is 0 Å². The fourth-order valence-corrected chi connectivity index (χ4v) is 6.42. The third-order valence-corrected chi connectivity index (χ3v) is 7.43. The first kappa shape index (κ1) is 14.9. The first-order chi connectivity index (χ1) is 10.4. The van der Waals surface area contributed by atoms with E-state index in [1.807, 2.05) is 0 Å². The SMILES string of the molecule is C[C@@H]1CC2=C(CCC(=O)C2)[C@@H]2[C@@H]1[C@@H]1CC[C@H](O)[C@@]1(C)C[C@@H]2F. The van der Waals surface area contributed by atoms with Gasteiger partial charge in [0.25, 0.3) is 0 Å². The van der Waals surface area contributed by atoms with Crippen LogP contribution in [0.5, 0.6) is 0 Å². The highest BCUT2D eigenvalue weighted by atomic mass is 19.1. The molecule has 4 aliphatic rings. The number of allylic oxidation sites excluding steroid dienone is 2. The molecule has 0 aliphatic heterocycles. The van der Waals surface area contributed by atoms with Gasteiger partial charge in [-0.3, -0.25) is 4.79 Å². The van der Waals surface area contributed by atoms with Crippen LogP contribution in [0.3, 0.4) is 0 Å². The minimum atomic E-state index is -0.847. The molecule has 0 spiro atoms. The van der Waals surface area contributed by atoms with Gasteiger partial charge >= 0.3 is 0 Å². The lowest BCUT2D eigenvalue weighted by Crippen LogP contribution is -2.52. The number of rotatable bonds is 0. The summed E-state index contributed by atoms with van der Waals surface area (Å²) < 4.78 is 15.2. The molecule has 2 nitrogen and oxygen atoms in total. The molecule has 1 N–H and O–H groups in total. The fourth-order valence-electron chi connectivity index (χ4n) is 6.42. The van der Waals surface area contributed by atoms with Gasteiger partial charge in [-0.05, 0) is 55.3 Å². The second-order valence-corrected chi connectivity index (χ2v) is 8.55. The van der Waals surface area contributed by atoms with E-state index in [0.717, 1.165) is 25.7 Å². The largest absolute Gasteiger partial charge is 0.393 e. The van der Waals surface area contributed by atoms with Crippen LogP contribution < -0.4 is 0 Å². The molecule has 0 saturated heterocycles. The summed E-state index contributed by atoms with van der Waals surface area (Å²) in [6.07, 6.45) is 4.11. The van der Waals surface area contributed by atoms with Crippen LogP contribution in [0.15, 0.2) is 11.1 Å². The Balaban J connectivity index is 1.75. The van der Waals surface area contributed by atoms with Crippen LogP contribution in [0.25, 0.3) is 0 Å². The van der Waals surface area contributed by atoms with E-state index >= 15 is 4.39 Å². The predicted octanol–water partition coefficient (Wildman–Crippen LogP) is 3.83. The molecule has 4 aliphatic carbocycles. The van der Waals surface area contributed by atoms with Crippen LogP contribution in [0.2, 0.25) is 0 Å². The van der Waals surface area contributed by atoms with Gasteiger partial charge in [-0.25, -0.2) is 4.39 Å². The number of hydrogen-bond acceptors (Lipinski definition) is 2. The summed E-state index contributed by atoms with van der Waals surface area (Å²) in [5, 5.41) is 10.4. The zero-order valence-corrected chi connectivity index (χ0v) is 13.6. The molecule has 4 rings (SSSR count). The van der Waals surface area contributed by atoms with Gasteiger partial charge in [0, 0.05) is 18.8 Å². The van der Waals surface area contributed by atoms with E-state index < -0.39 is 6.17 Å². The lowest BCUT2D eigenvalue weighted by Gasteiger charge is -2.54. The molecule has 0 bridgehead atoms. The van der Waals surface area contributed by atoms with E-state index in [9.17, 15) is 9.90 Å². The summed E-state index contributed by atoms with van der Waals surface area (Å²) in [7, 11) is 0. The molecule has 0 aromatic rings. The van der Waals surface area contributed by atoms with Gasteiger partial charge in [0.05, 0.1) is 6.10 Å². The fraction of sp³-hybridized carbons (Fsp3) is 0.842. The van der Waals surface area contributed by atoms with Crippen LogP contribution in [0.4, 0.5) is 4.39 Å². The highest BCUT2D eigenvalue weighted by molar-refractivity contribution is 5.82. The van der Waals surface area contributed by atoms with Crippen molar-refractivity contribution in [1.82, 2.24) is 0 Å². The molecule has 2 saturated carbocycles. The van der Waals surface area contributed by atoms with E-state index in [-0.39, 0.29) is 17.4 Å². The van der Waals surface area contributed by atoms with Crippen LogP contribution in [0.1, 0.15) is 58.8 Å². The van der Waals surface area contributed by atoms with Crippen molar-refractivity contribution >= 4 is 5.78 Å². The average molecular weight is 306 g/mol. The Labute approximate surface area is 132 Å². The van der Waals surface area contributed by atoms with Crippen LogP contribution in [0, 0.1) is 29.1 Å². The van der Waals surface area contributed by atoms with Crippen molar-refractivity contribution in [3.8, 4) is 0 Å². The lowest BCUT2D eigenvalue weighted by atomic mass is 9.51. The Morgan fingerprint density at radius 1 is 1.27 bits per heavy atom. The Morgan fingerprint density at radius 2 is 2.05 bits per heavy atom. The van der Waals surface area contributed by atoms with Gasteiger partial charge < -0.3 is 5.11 Å². The molecule has 0 aromatic carbocycles. The first-order valence-electron chi connectivity index (χ1n) is 8.96. The second kappa shape index (κ2) is 4.90. The van der Waals surface area contributed by atoms with Gasteiger partial charge in [0.1, 0.15) is 12.0 Å². The number of Topliss-reactive ketones (excluding diaryl/α,β-unsaturated/α-hetero) is 1. The second-order valence-electron chi connectivity index (χ2n) is 8.55. The minimum Gasteiger partial charge on any atom is -0.393 e. The highest BCUT2D eigenvalue weighted by Gasteiger charge is 2.59. The molecule has 0 aromatic heterocycles. The molecular weight excluding hydrogens is 279 g/mol. The molecule has 2 fully saturated rings. The molecule has 0 amide bonds. The van der Waals surface area contributed by atoms with Crippen molar-refractivity contribution in [1.29, 1.82) is 0 Å². The normalized spacial score (nSPS) is 51.4. The van der Waals surface area contributed by atoms with E-state index in [1.54, 1.807) is 0 Å². The van der Waals surface area contributed by atoms with Gasteiger partial charge in [0.15, 0.2) is 0 Å². The summed E-state index contributed by atoms with van der Waals surface area (Å²) in [5.74, 6) is 1.59. The summed E-state index contributed by atoms with van der Waals surface area (Å²) in [6, 6.07) is 0. The van der Waals surface area contributed by atoms with Gasteiger partial charge in [-0.1, -0.05) is 25.0 Å². The van der Waals surface area contributed by atoms with E-state index in [1.165, 1.54) is 11.1 Å². The number of aliphatic hydroxyl groups excluding tert-OH is 1. The zero-order chi connectivity index (χ0) is 15.6. The van der Waals surface area contributed by atoms with Crippen molar-refractivity contribution < 1.29 is 14.3 Å². The first-order valence-corrected chi connectivity index (χ1v) is 8.96. The number of carbonyl (C=O) groups excluding carboxylic acids is 1. The summed E-state index contributed by atoms with van der Waals surface area (Å²) in [6.45, 7) is 4.35.